The molecule has 5 nitrogen and oxygen atoms in total. The highest BCUT2D eigenvalue weighted by Gasteiger charge is 2.12. The highest BCUT2D eigenvalue weighted by molar-refractivity contribution is 6.30. The lowest BCUT2D eigenvalue weighted by atomic mass is 10.1. The van der Waals surface area contributed by atoms with Crippen LogP contribution in [-0.4, -0.2) is 39.4 Å². The quantitative estimate of drug-likeness (QED) is 0.688. The van der Waals surface area contributed by atoms with Crippen molar-refractivity contribution in [1.29, 1.82) is 0 Å². The van der Waals surface area contributed by atoms with E-state index < -0.39 is 6.09 Å². The van der Waals surface area contributed by atoms with Gasteiger partial charge in [0.2, 0.25) is 0 Å². The Kier molecular flexibility index (Phi) is 8.82. The molecule has 118 valence electrons. The predicted octanol–water partition coefficient (Wildman–Crippen LogP) is 2.75. The summed E-state index contributed by atoms with van der Waals surface area (Å²) in [5.41, 5.74) is 1.04. The molecule has 0 bridgehead atoms. The normalized spacial score (nSPS) is 12.0. The first-order valence-corrected chi connectivity index (χ1v) is 7.44. The average molecular weight is 315 g/mol. The van der Waals surface area contributed by atoms with Gasteiger partial charge in [-0.1, -0.05) is 30.7 Å². The number of carbonyl (C=O) groups excluding carboxylic acids is 1. The molecular weight excluding hydrogens is 292 g/mol. The van der Waals surface area contributed by atoms with Crippen LogP contribution in [0, 0.1) is 0 Å². The van der Waals surface area contributed by atoms with Gasteiger partial charge in [-0.05, 0) is 37.2 Å². The monoisotopic (exact) mass is 314 g/mol. The molecule has 21 heavy (non-hydrogen) atoms. The fourth-order valence-corrected chi connectivity index (χ4v) is 2.09. The van der Waals surface area contributed by atoms with Gasteiger partial charge in [-0.25, -0.2) is 4.79 Å². The number of alkyl carbamates (subject to hydrolysis) is 1. The van der Waals surface area contributed by atoms with Gasteiger partial charge in [0.05, 0.1) is 19.8 Å². The molecule has 0 saturated heterocycles. The van der Waals surface area contributed by atoms with Crippen LogP contribution in [0.5, 0.6) is 0 Å². The van der Waals surface area contributed by atoms with Crippen LogP contribution in [0.1, 0.15) is 25.0 Å². The fourth-order valence-electron chi connectivity index (χ4n) is 1.89. The van der Waals surface area contributed by atoms with Crippen molar-refractivity contribution in [1.82, 2.24) is 10.6 Å². The predicted molar refractivity (Wildman–Crippen MR) is 83.7 cm³/mol. The summed E-state index contributed by atoms with van der Waals surface area (Å²) in [7, 11) is 1.33. The van der Waals surface area contributed by atoms with E-state index in [0.29, 0.717) is 18.2 Å². The van der Waals surface area contributed by atoms with Crippen LogP contribution in [0.3, 0.4) is 0 Å². The van der Waals surface area contributed by atoms with E-state index in [-0.39, 0.29) is 6.10 Å². The lowest BCUT2D eigenvalue weighted by molar-refractivity contribution is 0.0484. The molecule has 0 spiro atoms. The van der Waals surface area contributed by atoms with Crippen LogP contribution in [-0.2, 0) is 9.47 Å². The molecule has 1 aromatic rings. The van der Waals surface area contributed by atoms with Crippen molar-refractivity contribution in [2.45, 2.75) is 19.4 Å². The molecule has 0 saturated carbocycles. The zero-order valence-electron chi connectivity index (χ0n) is 12.5. The minimum atomic E-state index is -0.453. The van der Waals surface area contributed by atoms with Crippen LogP contribution in [0.4, 0.5) is 4.79 Å². The molecule has 1 aromatic carbocycles. The Bertz CT molecular complexity index is 429. The van der Waals surface area contributed by atoms with Gasteiger partial charge in [0, 0.05) is 11.6 Å². The summed E-state index contributed by atoms with van der Waals surface area (Å²) in [4.78, 5) is 11.0. The smallest absolute Gasteiger partial charge is 0.406 e. The Morgan fingerprint density at radius 3 is 2.86 bits per heavy atom. The molecule has 1 atom stereocenters. The second-order valence-electron chi connectivity index (χ2n) is 4.48. The number of halogens is 1. The highest BCUT2D eigenvalue weighted by Crippen LogP contribution is 2.23. The molecule has 0 aliphatic rings. The van der Waals surface area contributed by atoms with Crippen molar-refractivity contribution in [3.05, 3.63) is 34.9 Å². The SMILES string of the molecule is CCNCCC(OCCNC(=O)OC)c1cccc(Cl)c1. The zero-order chi connectivity index (χ0) is 15.5. The summed E-state index contributed by atoms with van der Waals surface area (Å²) in [6, 6.07) is 7.65. The summed E-state index contributed by atoms with van der Waals surface area (Å²) in [6.07, 6.45) is 0.333. The van der Waals surface area contributed by atoms with E-state index in [2.05, 4.69) is 22.3 Å². The van der Waals surface area contributed by atoms with E-state index in [0.717, 1.165) is 25.1 Å². The maximum atomic E-state index is 11.0. The summed E-state index contributed by atoms with van der Waals surface area (Å²) in [5.74, 6) is 0. The molecule has 0 aliphatic carbocycles. The second kappa shape index (κ2) is 10.4. The van der Waals surface area contributed by atoms with Crippen LogP contribution in [0.15, 0.2) is 24.3 Å². The van der Waals surface area contributed by atoms with Crippen LogP contribution >= 0.6 is 11.6 Å². The zero-order valence-corrected chi connectivity index (χ0v) is 13.3. The van der Waals surface area contributed by atoms with E-state index in [9.17, 15) is 4.79 Å². The van der Waals surface area contributed by atoms with Gasteiger partial charge in [-0.3, -0.25) is 0 Å². The number of nitrogens with one attached hydrogen (secondary N) is 2. The molecular formula is C15H23ClN2O3. The second-order valence-corrected chi connectivity index (χ2v) is 4.91. The highest BCUT2D eigenvalue weighted by atomic mass is 35.5. The number of rotatable bonds is 9. The number of carbonyl (C=O) groups is 1. The molecule has 0 aromatic heterocycles. The Morgan fingerprint density at radius 1 is 1.38 bits per heavy atom. The largest absolute Gasteiger partial charge is 0.453 e. The molecule has 1 unspecified atom stereocenters. The number of ether oxygens (including phenoxy) is 2. The van der Waals surface area contributed by atoms with E-state index in [1.54, 1.807) is 0 Å². The van der Waals surface area contributed by atoms with Crippen molar-refractivity contribution >= 4 is 17.7 Å². The average Bonchev–Trinajstić information content (AvgIpc) is 2.49. The van der Waals surface area contributed by atoms with E-state index in [4.69, 9.17) is 16.3 Å². The lowest BCUT2D eigenvalue weighted by Crippen LogP contribution is -2.28. The molecule has 6 heteroatoms. The third kappa shape index (κ3) is 7.32. The minimum Gasteiger partial charge on any atom is -0.453 e. The van der Waals surface area contributed by atoms with Gasteiger partial charge in [0.25, 0.3) is 0 Å². The summed E-state index contributed by atoms with van der Waals surface area (Å²) in [5, 5.41) is 6.56. The van der Waals surface area contributed by atoms with E-state index in [1.807, 2.05) is 24.3 Å². The number of amides is 1. The van der Waals surface area contributed by atoms with Crippen molar-refractivity contribution in [3.63, 3.8) is 0 Å². The number of hydrogen-bond acceptors (Lipinski definition) is 4. The van der Waals surface area contributed by atoms with E-state index >= 15 is 0 Å². The van der Waals surface area contributed by atoms with Crippen LogP contribution in [0.2, 0.25) is 5.02 Å². The molecule has 1 rings (SSSR count). The maximum Gasteiger partial charge on any atom is 0.406 e. The first kappa shape index (κ1) is 17.8. The molecule has 0 fully saturated rings. The van der Waals surface area contributed by atoms with Crippen molar-refractivity contribution < 1.29 is 14.3 Å². The van der Waals surface area contributed by atoms with Gasteiger partial charge >= 0.3 is 6.09 Å². The Morgan fingerprint density at radius 2 is 2.19 bits per heavy atom. The van der Waals surface area contributed by atoms with Gasteiger partial charge in [-0.2, -0.15) is 0 Å². The van der Waals surface area contributed by atoms with Crippen molar-refractivity contribution in [2.24, 2.45) is 0 Å². The number of methoxy groups -OCH3 is 1. The van der Waals surface area contributed by atoms with Crippen molar-refractivity contribution in [2.75, 3.05) is 33.4 Å². The number of hydrogen-bond donors (Lipinski definition) is 2. The Labute approximate surface area is 131 Å². The molecule has 1 amide bonds. The molecule has 2 N–H and O–H groups in total. The van der Waals surface area contributed by atoms with Gasteiger partial charge in [-0.15, -0.1) is 0 Å². The summed E-state index contributed by atoms with van der Waals surface area (Å²) >= 11 is 6.03. The van der Waals surface area contributed by atoms with Gasteiger partial charge < -0.3 is 20.1 Å². The summed E-state index contributed by atoms with van der Waals surface area (Å²) < 4.78 is 10.4. The fraction of sp³-hybridized carbons (Fsp3) is 0.533. The molecule has 0 heterocycles. The Balaban J connectivity index is 2.50. The minimum absolute atomic E-state index is 0.0535. The van der Waals surface area contributed by atoms with Crippen LogP contribution < -0.4 is 10.6 Å². The lowest BCUT2D eigenvalue weighted by Gasteiger charge is -2.19. The Hall–Kier alpha value is -1.30. The maximum absolute atomic E-state index is 11.0. The number of benzene rings is 1. The first-order valence-electron chi connectivity index (χ1n) is 7.07. The van der Waals surface area contributed by atoms with Gasteiger partial charge in [0.1, 0.15) is 0 Å². The first-order chi connectivity index (χ1) is 10.2. The van der Waals surface area contributed by atoms with Gasteiger partial charge in [0.15, 0.2) is 0 Å². The topological polar surface area (TPSA) is 59.6 Å². The third-order valence-corrected chi connectivity index (χ3v) is 3.16. The van der Waals surface area contributed by atoms with Crippen LogP contribution in [0.25, 0.3) is 0 Å². The van der Waals surface area contributed by atoms with Crippen molar-refractivity contribution in [3.8, 4) is 0 Å². The summed E-state index contributed by atoms with van der Waals surface area (Å²) in [6.45, 7) is 4.67. The van der Waals surface area contributed by atoms with E-state index in [1.165, 1.54) is 7.11 Å². The standard InChI is InChI=1S/C15H23ClN2O3/c1-3-17-8-7-14(12-5-4-6-13(16)11-12)21-10-9-18-15(19)20-2/h4-6,11,14,17H,3,7-10H2,1-2H3,(H,18,19). The molecule has 0 aliphatic heterocycles. The third-order valence-electron chi connectivity index (χ3n) is 2.93. The molecule has 0 radical (unpaired) electrons.